The van der Waals surface area contributed by atoms with Gasteiger partial charge < -0.3 is 9.80 Å². The van der Waals surface area contributed by atoms with Gasteiger partial charge in [-0.25, -0.2) is 15.0 Å². The number of halogens is 1. The maximum Gasteiger partial charge on any atom is 0.214 e. The van der Waals surface area contributed by atoms with E-state index in [-0.39, 0.29) is 0 Å². The van der Waals surface area contributed by atoms with Crippen molar-refractivity contribution in [3.8, 4) is 0 Å². The molecule has 0 N–H and O–H groups in total. The first-order valence-corrected chi connectivity index (χ1v) is 7.99. The summed E-state index contributed by atoms with van der Waals surface area (Å²) in [5.74, 6) is 0.558. The number of aromatic nitrogens is 3. The van der Waals surface area contributed by atoms with E-state index < -0.39 is 5.95 Å². The Bertz CT molecular complexity index is 797. The van der Waals surface area contributed by atoms with Crippen LogP contribution in [0.3, 0.4) is 0 Å². The van der Waals surface area contributed by atoms with Gasteiger partial charge in [0.25, 0.3) is 0 Å². The van der Waals surface area contributed by atoms with Crippen LogP contribution in [0.2, 0.25) is 0 Å². The molecule has 1 saturated heterocycles. The number of fused-ring (bicyclic) bond motifs is 1. The normalized spacial score (nSPS) is 15.5. The predicted octanol–water partition coefficient (Wildman–Crippen LogP) is 2.55. The summed E-state index contributed by atoms with van der Waals surface area (Å²) < 4.78 is 13.2. The summed E-state index contributed by atoms with van der Waals surface area (Å²) in [6.45, 7) is 3.37. The molecule has 112 valence electrons. The number of hydrogen-bond donors (Lipinski definition) is 0. The topological polar surface area (TPSA) is 45.2 Å². The molecule has 0 bridgehead atoms. The van der Waals surface area contributed by atoms with Crippen LogP contribution in [0.1, 0.15) is 0 Å². The minimum atomic E-state index is -0.435. The van der Waals surface area contributed by atoms with Crippen molar-refractivity contribution in [2.45, 2.75) is 0 Å². The van der Waals surface area contributed by atoms with Gasteiger partial charge in [0.15, 0.2) is 0 Å². The fraction of sp³-hybridized carbons (Fsp3) is 0.267. The fourth-order valence-corrected chi connectivity index (χ4v) is 3.52. The van der Waals surface area contributed by atoms with Crippen LogP contribution in [0.15, 0.2) is 36.1 Å². The third kappa shape index (κ3) is 2.37. The quantitative estimate of drug-likeness (QED) is 0.680. The first-order chi connectivity index (χ1) is 10.8. The van der Waals surface area contributed by atoms with Crippen LogP contribution in [-0.4, -0.2) is 41.1 Å². The SMILES string of the molecule is Fc1cc(N2CCN(c3ncnc4sccc34)CC2)ccn1. The van der Waals surface area contributed by atoms with Crippen molar-refractivity contribution in [2.24, 2.45) is 0 Å². The maximum absolute atomic E-state index is 13.2. The molecule has 0 aliphatic carbocycles. The second kappa shape index (κ2) is 5.49. The third-order valence-corrected chi connectivity index (χ3v) is 4.72. The zero-order chi connectivity index (χ0) is 14.9. The molecule has 0 unspecified atom stereocenters. The number of anilines is 2. The Labute approximate surface area is 131 Å². The Hall–Kier alpha value is -2.28. The van der Waals surface area contributed by atoms with Crippen LogP contribution >= 0.6 is 11.3 Å². The van der Waals surface area contributed by atoms with Gasteiger partial charge in [-0.05, 0) is 17.5 Å². The molecule has 0 saturated carbocycles. The lowest BCUT2D eigenvalue weighted by Gasteiger charge is -2.36. The fourth-order valence-electron chi connectivity index (χ4n) is 2.79. The molecule has 0 radical (unpaired) electrons. The van der Waals surface area contributed by atoms with Gasteiger partial charge in [0.05, 0.1) is 5.39 Å². The van der Waals surface area contributed by atoms with Gasteiger partial charge in [-0.15, -0.1) is 11.3 Å². The van der Waals surface area contributed by atoms with Gasteiger partial charge in [0.1, 0.15) is 17.0 Å². The van der Waals surface area contributed by atoms with Crippen molar-refractivity contribution in [3.63, 3.8) is 0 Å². The van der Waals surface area contributed by atoms with Gasteiger partial charge in [0.2, 0.25) is 5.95 Å². The van der Waals surface area contributed by atoms with Crippen molar-refractivity contribution < 1.29 is 4.39 Å². The van der Waals surface area contributed by atoms with Gasteiger partial charge in [0, 0.05) is 44.1 Å². The lowest BCUT2D eigenvalue weighted by molar-refractivity contribution is 0.580. The second-order valence-electron chi connectivity index (χ2n) is 5.15. The molecular weight excluding hydrogens is 301 g/mol. The molecule has 0 amide bonds. The van der Waals surface area contributed by atoms with Crippen LogP contribution in [-0.2, 0) is 0 Å². The average Bonchev–Trinajstić information content (AvgIpc) is 3.04. The Morgan fingerprint density at radius 1 is 1.00 bits per heavy atom. The first kappa shape index (κ1) is 13.4. The van der Waals surface area contributed by atoms with Crippen molar-refractivity contribution in [2.75, 3.05) is 36.0 Å². The molecule has 0 atom stereocenters. The third-order valence-electron chi connectivity index (χ3n) is 3.90. The molecule has 4 heterocycles. The summed E-state index contributed by atoms with van der Waals surface area (Å²) in [4.78, 5) is 17.8. The van der Waals surface area contributed by atoms with Crippen LogP contribution in [0.5, 0.6) is 0 Å². The van der Waals surface area contributed by atoms with Gasteiger partial charge in [-0.2, -0.15) is 4.39 Å². The van der Waals surface area contributed by atoms with E-state index in [2.05, 4.69) is 30.8 Å². The Morgan fingerprint density at radius 3 is 2.64 bits per heavy atom. The molecule has 5 nitrogen and oxygen atoms in total. The standard InChI is InChI=1S/C15H14FN5S/c16-13-9-11(1-3-17-13)20-4-6-21(7-5-20)14-12-2-8-22-15(12)19-10-18-14/h1-3,8-10H,4-7H2. The average molecular weight is 315 g/mol. The summed E-state index contributed by atoms with van der Waals surface area (Å²) >= 11 is 1.63. The van der Waals surface area contributed by atoms with Gasteiger partial charge in [-0.3, -0.25) is 0 Å². The molecule has 3 aromatic heterocycles. The number of rotatable bonds is 2. The highest BCUT2D eigenvalue weighted by Crippen LogP contribution is 2.28. The summed E-state index contributed by atoms with van der Waals surface area (Å²) in [6, 6.07) is 5.40. The molecule has 0 aromatic carbocycles. The van der Waals surface area contributed by atoms with Gasteiger partial charge in [-0.1, -0.05) is 0 Å². The number of piperazine rings is 1. The highest BCUT2D eigenvalue weighted by Gasteiger charge is 2.20. The molecule has 1 aliphatic heterocycles. The number of pyridine rings is 1. The summed E-state index contributed by atoms with van der Waals surface area (Å²) in [5, 5.41) is 3.15. The van der Waals surface area contributed by atoms with E-state index in [0.29, 0.717) is 0 Å². The van der Waals surface area contributed by atoms with Crippen LogP contribution in [0.25, 0.3) is 10.2 Å². The van der Waals surface area contributed by atoms with Gasteiger partial charge >= 0.3 is 0 Å². The van der Waals surface area contributed by atoms with Crippen molar-refractivity contribution in [1.82, 2.24) is 15.0 Å². The van der Waals surface area contributed by atoms with E-state index in [1.54, 1.807) is 17.7 Å². The molecule has 3 aromatic rings. The van der Waals surface area contributed by atoms with Crippen molar-refractivity contribution >= 4 is 33.1 Å². The summed E-state index contributed by atoms with van der Waals surface area (Å²) in [7, 11) is 0. The Kier molecular flexibility index (Phi) is 3.34. The monoisotopic (exact) mass is 315 g/mol. The van der Waals surface area contributed by atoms with Crippen molar-refractivity contribution in [1.29, 1.82) is 0 Å². The van der Waals surface area contributed by atoms with E-state index in [0.717, 1.165) is 47.9 Å². The first-order valence-electron chi connectivity index (χ1n) is 7.11. The molecule has 4 rings (SSSR count). The zero-order valence-corrected chi connectivity index (χ0v) is 12.6. The van der Waals surface area contributed by atoms with E-state index >= 15 is 0 Å². The Morgan fingerprint density at radius 2 is 1.82 bits per heavy atom. The lowest BCUT2D eigenvalue weighted by Crippen LogP contribution is -2.47. The molecule has 22 heavy (non-hydrogen) atoms. The summed E-state index contributed by atoms with van der Waals surface area (Å²) in [6.07, 6.45) is 3.13. The van der Waals surface area contributed by atoms with E-state index in [4.69, 9.17) is 0 Å². The molecule has 0 spiro atoms. The molecule has 1 fully saturated rings. The zero-order valence-electron chi connectivity index (χ0n) is 11.8. The second-order valence-corrected chi connectivity index (χ2v) is 6.04. The van der Waals surface area contributed by atoms with Crippen LogP contribution < -0.4 is 9.80 Å². The van der Waals surface area contributed by atoms with E-state index in [1.165, 1.54) is 12.3 Å². The largest absolute Gasteiger partial charge is 0.368 e. The minimum Gasteiger partial charge on any atom is -0.368 e. The number of hydrogen-bond acceptors (Lipinski definition) is 6. The smallest absolute Gasteiger partial charge is 0.214 e. The minimum absolute atomic E-state index is 0.435. The van der Waals surface area contributed by atoms with Crippen molar-refractivity contribution in [3.05, 3.63) is 42.1 Å². The number of thiophene rings is 1. The van der Waals surface area contributed by atoms with E-state index in [1.807, 2.05) is 11.4 Å². The Balaban J connectivity index is 1.53. The molecule has 7 heteroatoms. The van der Waals surface area contributed by atoms with Crippen LogP contribution in [0.4, 0.5) is 15.9 Å². The van der Waals surface area contributed by atoms with E-state index in [9.17, 15) is 4.39 Å². The number of nitrogens with zero attached hydrogens (tertiary/aromatic N) is 5. The molecule has 1 aliphatic rings. The summed E-state index contributed by atoms with van der Waals surface area (Å²) in [5.41, 5.74) is 0.885. The maximum atomic E-state index is 13.2. The predicted molar refractivity (Wildman–Crippen MR) is 86.0 cm³/mol. The molecular formula is C15H14FN5S. The van der Waals surface area contributed by atoms with Crippen LogP contribution in [0, 0.1) is 5.95 Å². The highest BCUT2D eigenvalue weighted by atomic mass is 32.1. The highest BCUT2D eigenvalue weighted by molar-refractivity contribution is 7.16. The lowest BCUT2D eigenvalue weighted by atomic mass is 10.2.